The van der Waals surface area contributed by atoms with Crippen molar-refractivity contribution < 1.29 is 18.7 Å². The number of ether oxygens (including phenoxy) is 1. The van der Waals surface area contributed by atoms with Crippen molar-refractivity contribution >= 4 is 17.6 Å². The number of hydrogen-bond donors (Lipinski definition) is 1. The highest BCUT2D eigenvalue weighted by Gasteiger charge is 2.24. The van der Waals surface area contributed by atoms with Gasteiger partial charge in [0.25, 0.3) is 5.91 Å². The smallest absolute Gasteiger partial charge is 0.331 e. The van der Waals surface area contributed by atoms with Crippen LogP contribution in [0.3, 0.4) is 0 Å². The number of hydrogen-bond acceptors (Lipinski definition) is 3. The van der Waals surface area contributed by atoms with E-state index < -0.39 is 23.8 Å². The van der Waals surface area contributed by atoms with E-state index in [2.05, 4.69) is 5.32 Å². The lowest BCUT2D eigenvalue weighted by molar-refractivity contribution is -0.149. The first kappa shape index (κ1) is 16.4. The van der Waals surface area contributed by atoms with Crippen LogP contribution in [0.1, 0.15) is 18.6 Å². The number of carbonyl (C=O) groups excluding carboxylic acids is 2. The van der Waals surface area contributed by atoms with Crippen LogP contribution >= 0.6 is 0 Å². The molecule has 118 valence electrons. The minimum absolute atomic E-state index is 0.401. The summed E-state index contributed by atoms with van der Waals surface area (Å²) < 4.78 is 18.1. The van der Waals surface area contributed by atoms with E-state index in [4.69, 9.17) is 4.74 Å². The van der Waals surface area contributed by atoms with E-state index in [-0.39, 0.29) is 0 Å². The number of esters is 1. The van der Waals surface area contributed by atoms with Gasteiger partial charge in [-0.1, -0.05) is 36.4 Å². The number of halogens is 1. The molecule has 0 bridgehead atoms. The van der Waals surface area contributed by atoms with Crippen LogP contribution < -0.4 is 5.32 Å². The molecule has 5 heteroatoms. The Morgan fingerprint density at radius 2 is 1.74 bits per heavy atom. The molecule has 0 fully saturated rings. The average molecular weight is 313 g/mol. The Morgan fingerprint density at radius 1 is 1.09 bits per heavy atom. The summed E-state index contributed by atoms with van der Waals surface area (Å²) >= 11 is 0. The molecule has 2 rings (SSSR count). The van der Waals surface area contributed by atoms with E-state index in [0.717, 1.165) is 0 Å². The maximum Gasteiger partial charge on any atom is 0.331 e. The predicted molar refractivity (Wildman–Crippen MR) is 85.1 cm³/mol. The number of amides is 1. The molecule has 0 heterocycles. The molecule has 23 heavy (non-hydrogen) atoms. The van der Waals surface area contributed by atoms with Crippen LogP contribution in [-0.2, 0) is 14.3 Å². The van der Waals surface area contributed by atoms with Crippen molar-refractivity contribution in [1.82, 2.24) is 0 Å². The lowest BCUT2D eigenvalue weighted by Gasteiger charge is -2.17. The second kappa shape index (κ2) is 7.89. The van der Waals surface area contributed by atoms with Gasteiger partial charge in [0, 0.05) is 17.3 Å². The van der Waals surface area contributed by atoms with Crippen LogP contribution in [0, 0.1) is 5.82 Å². The van der Waals surface area contributed by atoms with Crippen molar-refractivity contribution in [2.45, 2.75) is 13.0 Å². The molecule has 0 saturated carbocycles. The molecule has 1 amide bonds. The maximum atomic E-state index is 12.9. The predicted octanol–water partition coefficient (Wildman–Crippen LogP) is 3.62. The zero-order valence-corrected chi connectivity index (χ0v) is 12.5. The van der Waals surface area contributed by atoms with Crippen molar-refractivity contribution in [3.05, 3.63) is 78.1 Å². The fourth-order valence-corrected chi connectivity index (χ4v) is 1.93. The first-order valence-corrected chi connectivity index (χ1v) is 7.05. The molecule has 0 aromatic heterocycles. The zero-order chi connectivity index (χ0) is 16.7. The summed E-state index contributed by atoms with van der Waals surface area (Å²) in [5, 5.41) is 2.61. The van der Waals surface area contributed by atoms with Crippen molar-refractivity contribution in [1.29, 1.82) is 0 Å². The third kappa shape index (κ3) is 4.78. The Labute approximate surface area is 133 Å². The SMILES string of the molecule is C/C=C/C(=O)O[C@@H](C(=O)Nc1ccc(F)cc1)c1ccccc1. The van der Waals surface area contributed by atoms with Crippen molar-refractivity contribution in [2.24, 2.45) is 0 Å². The summed E-state index contributed by atoms with van der Waals surface area (Å²) in [5.74, 6) is -1.53. The molecule has 2 aromatic carbocycles. The highest BCUT2D eigenvalue weighted by molar-refractivity contribution is 5.96. The van der Waals surface area contributed by atoms with Crippen LogP contribution in [0.4, 0.5) is 10.1 Å². The molecule has 1 N–H and O–H groups in total. The Morgan fingerprint density at radius 3 is 2.35 bits per heavy atom. The quantitative estimate of drug-likeness (QED) is 0.677. The lowest BCUT2D eigenvalue weighted by Crippen LogP contribution is -2.25. The molecular formula is C18H16FNO3. The van der Waals surface area contributed by atoms with Crippen LogP contribution in [0.2, 0.25) is 0 Å². The standard InChI is InChI=1S/C18H16FNO3/c1-2-6-16(21)23-17(13-7-4-3-5-8-13)18(22)20-15-11-9-14(19)10-12-15/h2-12,17H,1H3,(H,20,22)/b6-2+/t17-/m1/s1. The number of benzene rings is 2. The van der Waals surface area contributed by atoms with Gasteiger partial charge in [-0.05, 0) is 31.2 Å². The van der Waals surface area contributed by atoms with Crippen LogP contribution in [0.15, 0.2) is 66.7 Å². The molecule has 0 unspecified atom stereocenters. The largest absolute Gasteiger partial charge is 0.444 e. The van der Waals surface area contributed by atoms with Gasteiger partial charge in [-0.3, -0.25) is 4.79 Å². The molecule has 0 saturated heterocycles. The minimum Gasteiger partial charge on any atom is -0.444 e. The summed E-state index contributed by atoms with van der Waals surface area (Å²) in [7, 11) is 0. The minimum atomic E-state index is -1.09. The van der Waals surface area contributed by atoms with Gasteiger partial charge in [0.05, 0.1) is 0 Å². The molecular weight excluding hydrogens is 297 g/mol. The first-order valence-electron chi connectivity index (χ1n) is 7.05. The van der Waals surface area contributed by atoms with Gasteiger partial charge in [0.15, 0.2) is 0 Å². The van der Waals surface area contributed by atoms with Crippen molar-refractivity contribution in [2.75, 3.05) is 5.32 Å². The summed E-state index contributed by atoms with van der Waals surface area (Å²) in [6.45, 7) is 1.68. The third-order valence-corrected chi connectivity index (χ3v) is 2.99. The molecule has 1 atom stereocenters. The van der Waals surface area contributed by atoms with E-state index in [9.17, 15) is 14.0 Å². The monoisotopic (exact) mass is 313 g/mol. The normalized spacial score (nSPS) is 11.9. The van der Waals surface area contributed by atoms with E-state index >= 15 is 0 Å². The molecule has 2 aromatic rings. The number of rotatable bonds is 5. The van der Waals surface area contributed by atoms with Crippen LogP contribution in [-0.4, -0.2) is 11.9 Å². The number of allylic oxidation sites excluding steroid dienone is 1. The van der Waals surface area contributed by atoms with Gasteiger partial charge in [0.1, 0.15) is 5.82 Å². The zero-order valence-electron chi connectivity index (χ0n) is 12.5. The van der Waals surface area contributed by atoms with Crippen LogP contribution in [0.25, 0.3) is 0 Å². The lowest BCUT2D eigenvalue weighted by atomic mass is 10.1. The molecule has 0 aliphatic heterocycles. The van der Waals surface area contributed by atoms with Gasteiger partial charge in [-0.25, -0.2) is 9.18 Å². The van der Waals surface area contributed by atoms with E-state index in [1.807, 2.05) is 0 Å². The number of anilines is 1. The Balaban J connectivity index is 2.20. The van der Waals surface area contributed by atoms with Gasteiger partial charge < -0.3 is 10.1 Å². The summed E-state index contributed by atoms with van der Waals surface area (Å²) in [5.41, 5.74) is 0.962. The van der Waals surface area contributed by atoms with Crippen molar-refractivity contribution in [3.8, 4) is 0 Å². The maximum absolute atomic E-state index is 12.9. The highest BCUT2D eigenvalue weighted by atomic mass is 19.1. The first-order chi connectivity index (χ1) is 11.1. The molecule has 0 radical (unpaired) electrons. The summed E-state index contributed by atoms with van der Waals surface area (Å²) in [6.07, 6.45) is 1.67. The van der Waals surface area contributed by atoms with Gasteiger partial charge in [-0.15, -0.1) is 0 Å². The van der Waals surface area contributed by atoms with E-state index in [0.29, 0.717) is 11.3 Å². The summed E-state index contributed by atoms with van der Waals surface area (Å²) in [6, 6.07) is 14.0. The fraction of sp³-hybridized carbons (Fsp3) is 0.111. The van der Waals surface area contributed by atoms with Gasteiger partial charge in [0.2, 0.25) is 6.10 Å². The fourth-order valence-electron chi connectivity index (χ4n) is 1.93. The van der Waals surface area contributed by atoms with Crippen molar-refractivity contribution in [3.63, 3.8) is 0 Å². The summed E-state index contributed by atoms with van der Waals surface area (Å²) in [4.78, 5) is 24.1. The molecule has 0 aliphatic rings. The Kier molecular flexibility index (Phi) is 5.63. The van der Waals surface area contributed by atoms with Gasteiger partial charge >= 0.3 is 5.97 Å². The van der Waals surface area contributed by atoms with E-state index in [1.165, 1.54) is 36.4 Å². The number of nitrogens with one attached hydrogen (secondary N) is 1. The topological polar surface area (TPSA) is 55.4 Å². The van der Waals surface area contributed by atoms with Crippen LogP contribution in [0.5, 0.6) is 0 Å². The molecule has 4 nitrogen and oxygen atoms in total. The second-order valence-electron chi connectivity index (χ2n) is 4.72. The van der Waals surface area contributed by atoms with E-state index in [1.54, 1.807) is 37.3 Å². The van der Waals surface area contributed by atoms with Gasteiger partial charge in [-0.2, -0.15) is 0 Å². The Hall–Kier alpha value is -2.95. The third-order valence-electron chi connectivity index (χ3n) is 2.99. The highest BCUT2D eigenvalue weighted by Crippen LogP contribution is 2.20. The Bertz CT molecular complexity index is 696. The molecule has 0 aliphatic carbocycles. The second-order valence-corrected chi connectivity index (χ2v) is 4.72. The number of carbonyl (C=O) groups is 2. The molecule has 0 spiro atoms. The average Bonchev–Trinajstić information content (AvgIpc) is 2.56.